The summed E-state index contributed by atoms with van der Waals surface area (Å²) in [6, 6.07) is 62.5. The Morgan fingerprint density at radius 1 is 0.383 bits per heavy atom. The van der Waals surface area contributed by atoms with E-state index in [9.17, 15) is 0 Å². The van der Waals surface area contributed by atoms with Crippen molar-refractivity contribution < 1.29 is 0 Å². The van der Waals surface area contributed by atoms with Gasteiger partial charge in [-0.3, -0.25) is 0 Å². The van der Waals surface area contributed by atoms with Crippen LogP contribution in [0.1, 0.15) is 0 Å². The Morgan fingerprint density at radius 2 is 1.00 bits per heavy atom. The maximum atomic E-state index is 2.48. The van der Waals surface area contributed by atoms with E-state index >= 15 is 0 Å². The normalized spacial score (nSPS) is 11.8. The summed E-state index contributed by atoms with van der Waals surface area (Å²) in [5, 5.41) is 10.2. The molecule has 2 aromatic heterocycles. The van der Waals surface area contributed by atoms with Crippen LogP contribution in [0, 0.1) is 0 Å². The number of aromatic nitrogens is 1. The summed E-state index contributed by atoms with van der Waals surface area (Å²) in [4.78, 5) is 2.48. The van der Waals surface area contributed by atoms with Crippen molar-refractivity contribution in [3.8, 4) is 5.69 Å². The molecule has 10 aromatic rings. The van der Waals surface area contributed by atoms with Crippen molar-refractivity contribution in [3.63, 3.8) is 0 Å². The van der Waals surface area contributed by atoms with Crippen molar-refractivity contribution >= 4 is 94.2 Å². The van der Waals surface area contributed by atoms with Crippen LogP contribution in [0.3, 0.4) is 0 Å². The summed E-state index contributed by atoms with van der Waals surface area (Å²) in [7, 11) is 0. The van der Waals surface area contributed by atoms with Crippen LogP contribution in [0.4, 0.5) is 17.1 Å². The number of hydrogen-bond acceptors (Lipinski definition) is 1. The molecule has 0 aliphatic carbocycles. The molecule has 0 fully saturated rings. The first-order valence-electron chi connectivity index (χ1n) is 16.0. The predicted molar refractivity (Wildman–Crippen MR) is 202 cm³/mol. The molecule has 0 radical (unpaired) electrons. The van der Waals surface area contributed by atoms with Crippen LogP contribution in [-0.4, -0.2) is 19.1 Å². The molecule has 0 aliphatic heterocycles. The van der Waals surface area contributed by atoms with Crippen molar-refractivity contribution in [2.45, 2.75) is 0 Å². The number of hydrogen-bond donors (Lipinski definition) is 0. The minimum absolute atomic E-state index is 0.320. The van der Waals surface area contributed by atoms with Gasteiger partial charge in [-0.15, -0.1) is 0 Å². The van der Waals surface area contributed by atoms with Crippen LogP contribution >= 0.6 is 0 Å². The first-order chi connectivity index (χ1) is 23.3. The van der Waals surface area contributed by atoms with Gasteiger partial charge in [-0.2, -0.15) is 0 Å². The Morgan fingerprint density at radius 3 is 1.87 bits per heavy atom. The molecule has 2 nitrogen and oxygen atoms in total. The molecule has 3 heteroatoms. The van der Waals surface area contributed by atoms with Gasteiger partial charge in [0.15, 0.2) is 0 Å². The molecule has 10 rings (SSSR count). The van der Waals surface area contributed by atoms with Gasteiger partial charge < -0.3 is 0 Å². The second kappa shape index (κ2) is 10.5. The Labute approximate surface area is 278 Å². The molecule has 220 valence electrons. The van der Waals surface area contributed by atoms with Gasteiger partial charge in [-0.05, 0) is 0 Å². The minimum atomic E-state index is 0.320. The fourth-order valence-corrected chi connectivity index (χ4v) is 9.73. The van der Waals surface area contributed by atoms with Crippen LogP contribution in [-0.2, 0) is 0 Å². The van der Waals surface area contributed by atoms with Crippen LogP contribution in [0.2, 0.25) is 0 Å². The summed E-state index contributed by atoms with van der Waals surface area (Å²) in [6.45, 7) is 0. The van der Waals surface area contributed by atoms with Gasteiger partial charge in [0.05, 0.1) is 0 Å². The molecule has 0 spiro atoms. The van der Waals surface area contributed by atoms with Gasteiger partial charge in [0.1, 0.15) is 0 Å². The Kier molecular flexibility index (Phi) is 5.92. The Balaban J connectivity index is 1.31. The summed E-state index contributed by atoms with van der Waals surface area (Å²) < 4.78 is 5.32. The van der Waals surface area contributed by atoms with Gasteiger partial charge >= 0.3 is 273 Å². The first kappa shape index (κ1) is 26.6. The van der Waals surface area contributed by atoms with Crippen molar-refractivity contribution in [3.05, 3.63) is 170 Å². The summed E-state index contributed by atoms with van der Waals surface area (Å²) in [6.07, 6.45) is 0. The van der Waals surface area contributed by atoms with E-state index < -0.39 is 0 Å². The zero-order valence-electron chi connectivity index (χ0n) is 25.5. The summed E-state index contributed by atoms with van der Waals surface area (Å²) in [5.41, 5.74) is 7.05. The van der Waals surface area contributed by atoms with Crippen LogP contribution in [0.5, 0.6) is 0 Å². The third-order valence-corrected chi connectivity index (χ3v) is 12.0. The topological polar surface area (TPSA) is 8.17 Å². The molecule has 0 aliphatic rings. The second-order valence-electron chi connectivity index (χ2n) is 12.2. The van der Waals surface area contributed by atoms with E-state index in [0.29, 0.717) is 14.5 Å². The molecule has 0 N–H and O–H groups in total. The van der Waals surface area contributed by atoms with E-state index in [2.05, 4.69) is 179 Å². The number of rotatable bonds is 4. The number of fused-ring (bicyclic) bond motifs is 9. The number of nitrogens with zero attached hydrogens (tertiary/aromatic N) is 2. The average Bonchev–Trinajstić information content (AvgIpc) is 3.67. The van der Waals surface area contributed by atoms with Crippen molar-refractivity contribution in [2.75, 3.05) is 4.90 Å². The predicted octanol–water partition coefficient (Wildman–Crippen LogP) is 11.9. The van der Waals surface area contributed by atoms with E-state index in [1.165, 1.54) is 74.0 Å². The van der Waals surface area contributed by atoms with Gasteiger partial charge in [-0.1, -0.05) is 6.07 Å². The van der Waals surface area contributed by atoms with Gasteiger partial charge in [0, 0.05) is 0 Å². The van der Waals surface area contributed by atoms with E-state index in [4.69, 9.17) is 0 Å². The van der Waals surface area contributed by atoms with Crippen LogP contribution in [0.25, 0.3) is 68.3 Å². The molecule has 8 aromatic carbocycles. The van der Waals surface area contributed by atoms with E-state index in [1.54, 1.807) is 0 Å². The number of para-hydroxylation sites is 2. The number of benzene rings is 8. The van der Waals surface area contributed by atoms with Gasteiger partial charge in [0.25, 0.3) is 0 Å². The maximum absolute atomic E-state index is 2.48. The van der Waals surface area contributed by atoms with Crippen LogP contribution in [0.15, 0.2) is 170 Å². The fourth-order valence-electron chi connectivity index (χ4n) is 7.45. The Hall–Kier alpha value is -5.60. The average molecular weight is 664 g/mol. The molecular weight excluding hydrogens is 635 g/mol. The zero-order chi connectivity index (χ0) is 30.9. The molecule has 0 amide bonds. The van der Waals surface area contributed by atoms with Gasteiger partial charge in [0.2, 0.25) is 0 Å². The molecule has 47 heavy (non-hydrogen) atoms. The van der Waals surface area contributed by atoms with Gasteiger partial charge in [-0.25, -0.2) is 0 Å². The SMILES string of the molecule is c1ccc(-n2c3ccccc3c3ccc(N(c4ccc5[se]c6ccccc6c5c4)c4cc5ccccc5c5ccccc45)cc32)cc1. The number of anilines is 3. The molecule has 0 atom stereocenters. The molecule has 0 unspecified atom stereocenters. The monoisotopic (exact) mass is 664 g/mol. The molecule has 0 saturated heterocycles. The van der Waals surface area contributed by atoms with Crippen molar-refractivity contribution in [1.82, 2.24) is 4.57 Å². The molecule has 0 bridgehead atoms. The summed E-state index contributed by atoms with van der Waals surface area (Å²) >= 11 is 0.320. The van der Waals surface area contributed by atoms with Crippen molar-refractivity contribution in [1.29, 1.82) is 0 Å². The third-order valence-electron chi connectivity index (χ3n) is 9.54. The zero-order valence-corrected chi connectivity index (χ0v) is 27.2. The quantitative estimate of drug-likeness (QED) is 0.134. The third kappa shape index (κ3) is 4.11. The van der Waals surface area contributed by atoms with Crippen molar-refractivity contribution in [2.24, 2.45) is 0 Å². The standard InChI is InChI=1S/C44H28N2Se/c1-2-13-30(14-3-1)46-40-20-10-8-18-36(40)37-24-22-32(28-42(37)46)45(31-23-25-44-39(27-31)38-19-9-11-21-43(38)47-44)41-26-29-12-4-5-15-33(29)34-16-6-7-17-35(34)41/h1-28H. The second-order valence-corrected chi connectivity index (χ2v) is 14.4. The molecular formula is C44H28N2Se. The van der Waals surface area contributed by atoms with E-state index in [1.807, 2.05) is 0 Å². The molecule has 0 saturated carbocycles. The molecule has 2 heterocycles. The van der Waals surface area contributed by atoms with Crippen LogP contribution < -0.4 is 4.90 Å². The van der Waals surface area contributed by atoms with E-state index in [-0.39, 0.29) is 0 Å². The first-order valence-corrected chi connectivity index (χ1v) is 17.7. The fraction of sp³-hybridized carbons (Fsp3) is 0. The van der Waals surface area contributed by atoms with E-state index in [0.717, 1.165) is 11.4 Å². The summed E-state index contributed by atoms with van der Waals surface area (Å²) in [5.74, 6) is 0. The Bertz CT molecular complexity index is 2810.